The molecule has 1 aliphatic heterocycles. The minimum atomic E-state index is -0.489. The second kappa shape index (κ2) is 6.39. The molecule has 2 rings (SSSR count). The first-order valence-corrected chi connectivity index (χ1v) is 6.64. The molecule has 112 valence electrons. The minimum Gasteiger partial charge on any atom is -0.457 e. The molecular weight excluding hydrogens is 274 g/mol. The van der Waals surface area contributed by atoms with E-state index in [1.165, 1.54) is 13.8 Å². The summed E-state index contributed by atoms with van der Waals surface area (Å²) in [6.45, 7) is 3.54. The van der Waals surface area contributed by atoms with Gasteiger partial charge in [-0.05, 0) is 24.3 Å². The van der Waals surface area contributed by atoms with Crippen LogP contribution in [0.3, 0.4) is 0 Å². The van der Waals surface area contributed by atoms with E-state index in [2.05, 4.69) is 0 Å². The summed E-state index contributed by atoms with van der Waals surface area (Å²) in [5, 5.41) is 0. The predicted molar refractivity (Wildman–Crippen MR) is 75.2 cm³/mol. The average molecular weight is 291 g/mol. The number of rotatable bonds is 4. The Bertz CT molecular complexity index is 515. The van der Waals surface area contributed by atoms with Crippen LogP contribution in [0.2, 0.25) is 0 Å². The van der Waals surface area contributed by atoms with Crippen LogP contribution in [-0.4, -0.2) is 43.5 Å². The summed E-state index contributed by atoms with van der Waals surface area (Å²) in [4.78, 5) is 34.9. The first-order valence-electron chi connectivity index (χ1n) is 6.64. The summed E-state index contributed by atoms with van der Waals surface area (Å²) in [5.74, 6) is -0.814. The summed E-state index contributed by atoms with van der Waals surface area (Å²) in [7, 11) is 0. The van der Waals surface area contributed by atoms with E-state index in [1.807, 2.05) is 17.0 Å². The molecule has 1 fully saturated rings. The molecule has 0 bridgehead atoms. The van der Waals surface area contributed by atoms with E-state index in [0.717, 1.165) is 12.0 Å². The van der Waals surface area contributed by atoms with Crippen LogP contribution in [0.15, 0.2) is 24.3 Å². The molecule has 1 aliphatic rings. The fraction of sp³-hybridized carbons (Fsp3) is 0.400. The van der Waals surface area contributed by atoms with Crippen LogP contribution < -0.4 is 4.90 Å². The van der Waals surface area contributed by atoms with E-state index in [0.29, 0.717) is 18.7 Å². The Morgan fingerprint density at radius 2 is 1.52 bits per heavy atom. The zero-order valence-electron chi connectivity index (χ0n) is 11.9. The highest BCUT2D eigenvalue weighted by molar-refractivity contribution is 5.75. The van der Waals surface area contributed by atoms with E-state index in [1.54, 1.807) is 12.1 Å². The number of nitrogens with zero attached hydrogens (tertiary/aromatic N) is 1. The summed E-state index contributed by atoms with van der Waals surface area (Å²) in [6.07, 6.45) is -0.203. The van der Waals surface area contributed by atoms with Crippen LogP contribution in [-0.2, 0) is 19.1 Å². The van der Waals surface area contributed by atoms with Gasteiger partial charge in [-0.15, -0.1) is 0 Å². The van der Waals surface area contributed by atoms with Crippen LogP contribution in [0.4, 0.5) is 5.69 Å². The van der Waals surface area contributed by atoms with Gasteiger partial charge in [0.05, 0.1) is 13.1 Å². The van der Waals surface area contributed by atoms with E-state index in [4.69, 9.17) is 9.47 Å². The van der Waals surface area contributed by atoms with Gasteiger partial charge < -0.3 is 14.4 Å². The van der Waals surface area contributed by atoms with E-state index in [-0.39, 0.29) is 0 Å². The average Bonchev–Trinajstić information content (AvgIpc) is 2.80. The van der Waals surface area contributed by atoms with Crippen molar-refractivity contribution in [3.8, 4) is 0 Å². The Kier molecular flexibility index (Phi) is 4.57. The molecule has 21 heavy (non-hydrogen) atoms. The maximum Gasteiger partial charge on any atom is 0.303 e. The summed E-state index contributed by atoms with van der Waals surface area (Å²) < 4.78 is 10.4. The van der Waals surface area contributed by atoms with Gasteiger partial charge >= 0.3 is 11.9 Å². The topological polar surface area (TPSA) is 72.9 Å². The lowest BCUT2D eigenvalue weighted by molar-refractivity contribution is -0.160. The molecule has 2 atom stereocenters. The highest BCUT2D eigenvalue weighted by atomic mass is 16.6. The minimum absolute atomic E-state index is 0.407. The number of esters is 2. The maximum atomic E-state index is 11.1. The number of carbonyl (C=O) groups excluding carboxylic acids is 3. The Morgan fingerprint density at radius 1 is 1.05 bits per heavy atom. The fourth-order valence-corrected chi connectivity index (χ4v) is 2.37. The van der Waals surface area contributed by atoms with Crippen molar-refractivity contribution in [2.75, 3.05) is 18.0 Å². The zero-order valence-corrected chi connectivity index (χ0v) is 11.9. The van der Waals surface area contributed by atoms with Crippen molar-refractivity contribution in [3.05, 3.63) is 29.8 Å². The number of ether oxygens (including phenoxy) is 2. The normalized spacial score (nSPS) is 21.0. The molecule has 0 aliphatic carbocycles. The molecule has 2 unspecified atom stereocenters. The van der Waals surface area contributed by atoms with Crippen molar-refractivity contribution in [1.82, 2.24) is 0 Å². The number of carbonyl (C=O) groups is 3. The molecular formula is C15H17NO5. The molecule has 0 saturated carbocycles. The molecule has 1 saturated heterocycles. The lowest BCUT2D eigenvalue weighted by Gasteiger charge is -2.17. The first kappa shape index (κ1) is 15.0. The van der Waals surface area contributed by atoms with E-state index >= 15 is 0 Å². The lowest BCUT2D eigenvalue weighted by atomic mass is 10.2. The number of benzene rings is 1. The third-order valence-electron chi connectivity index (χ3n) is 3.24. The van der Waals surface area contributed by atoms with Crippen molar-refractivity contribution in [3.63, 3.8) is 0 Å². The van der Waals surface area contributed by atoms with Gasteiger partial charge in [-0.3, -0.25) is 14.4 Å². The first-order chi connectivity index (χ1) is 9.99. The predicted octanol–water partition coefficient (Wildman–Crippen LogP) is 1.18. The van der Waals surface area contributed by atoms with Gasteiger partial charge in [-0.25, -0.2) is 0 Å². The van der Waals surface area contributed by atoms with Gasteiger partial charge in [0.25, 0.3) is 0 Å². The van der Waals surface area contributed by atoms with Gasteiger partial charge in [0.1, 0.15) is 6.29 Å². The van der Waals surface area contributed by atoms with E-state index < -0.39 is 24.1 Å². The van der Waals surface area contributed by atoms with Crippen LogP contribution in [0.25, 0.3) is 0 Å². The standard InChI is InChI=1S/C15H17NO5/c1-10(18)20-14-7-16(8-15(14)21-11(2)19)13-5-3-12(9-17)4-6-13/h3-6,9,14-15H,7-8H2,1-2H3. The molecule has 0 N–H and O–H groups in total. The molecule has 1 aromatic carbocycles. The smallest absolute Gasteiger partial charge is 0.303 e. The van der Waals surface area contributed by atoms with Gasteiger partial charge in [0.15, 0.2) is 12.2 Å². The highest BCUT2D eigenvalue weighted by Gasteiger charge is 2.37. The third-order valence-corrected chi connectivity index (χ3v) is 3.24. The summed E-state index contributed by atoms with van der Waals surface area (Å²) in [5.41, 5.74) is 1.47. The number of anilines is 1. The monoisotopic (exact) mass is 291 g/mol. The molecule has 6 heteroatoms. The second-order valence-electron chi connectivity index (χ2n) is 4.91. The molecule has 0 radical (unpaired) electrons. The van der Waals surface area contributed by atoms with Crippen molar-refractivity contribution in [2.45, 2.75) is 26.1 Å². The SMILES string of the molecule is CC(=O)OC1CN(c2ccc(C=O)cc2)CC1OC(C)=O. The van der Waals surface area contributed by atoms with Crippen LogP contribution in [0.5, 0.6) is 0 Å². The quantitative estimate of drug-likeness (QED) is 0.613. The molecule has 0 aromatic heterocycles. The van der Waals surface area contributed by atoms with Gasteiger partial charge in [0, 0.05) is 25.1 Å². The molecule has 1 aromatic rings. The fourth-order valence-electron chi connectivity index (χ4n) is 2.37. The third kappa shape index (κ3) is 3.81. The largest absolute Gasteiger partial charge is 0.457 e. The Morgan fingerprint density at radius 3 is 1.90 bits per heavy atom. The van der Waals surface area contributed by atoms with E-state index in [9.17, 15) is 14.4 Å². The van der Waals surface area contributed by atoms with Gasteiger partial charge in [-0.2, -0.15) is 0 Å². The summed E-state index contributed by atoms with van der Waals surface area (Å²) in [6, 6.07) is 7.04. The zero-order chi connectivity index (χ0) is 15.4. The van der Waals surface area contributed by atoms with Crippen LogP contribution in [0.1, 0.15) is 24.2 Å². The lowest BCUT2D eigenvalue weighted by Crippen LogP contribution is -2.32. The number of hydrogen-bond acceptors (Lipinski definition) is 6. The van der Waals surface area contributed by atoms with Crippen LogP contribution in [0, 0.1) is 0 Å². The Hall–Kier alpha value is -2.37. The molecule has 0 amide bonds. The van der Waals surface area contributed by atoms with Crippen molar-refractivity contribution >= 4 is 23.9 Å². The van der Waals surface area contributed by atoms with Crippen LogP contribution >= 0.6 is 0 Å². The van der Waals surface area contributed by atoms with Gasteiger partial charge in [-0.1, -0.05) is 0 Å². The van der Waals surface area contributed by atoms with Gasteiger partial charge in [0.2, 0.25) is 0 Å². The number of aldehydes is 1. The van der Waals surface area contributed by atoms with Crippen molar-refractivity contribution in [2.24, 2.45) is 0 Å². The summed E-state index contributed by atoms with van der Waals surface area (Å²) >= 11 is 0. The molecule has 6 nitrogen and oxygen atoms in total. The molecule has 1 heterocycles. The van der Waals surface area contributed by atoms with Crippen molar-refractivity contribution < 1.29 is 23.9 Å². The highest BCUT2D eigenvalue weighted by Crippen LogP contribution is 2.24. The second-order valence-corrected chi connectivity index (χ2v) is 4.91. The Labute approximate surface area is 122 Å². The molecule has 0 spiro atoms. The Balaban J connectivity index is 2.12. The van der Waals surface area contributed by atoms with Crippen molar-refractivity contribution in [1.29, 1.82) is 0 Å². The maximum absolute atomic E-state index is 11.1. The number of hydrogen-bond donors (Lipinski definition) is 0.